The molecule has 1 aromatic heterocycles. The van der Waals surface area contributed by atoms with E-state index in [1.165, 1.54) is 17.0 Å². The Morgan fingerprint density at radius 1 is 1.45 bits per heavy atom. The molecule has 2 N–H and O–H groups in total. The highest BCUT2D eigenvalue weighted by Gasteiger charge is 2.22. The van der Waals surface area contributed by atoms with Crippen LogP contribution < -0.4 is 10.0 Å². The third-order valence-electron chi connectivity index (χ3n) is 2.82. The quantitative estimate of drug-likeness (QED) is 0.619. The van der Waals surface area contributed by atoms with Gasteiger partial charge in [0, 0.05) is 26.1 Å². The van der Waals surface area contributed by atoms with E-state index in [9.17, 15) is 18.5 Å². The summed E-state index contributed by atoms with van der Waals surface area (Å²) in [6, 6.07) is 3.43. The first kappa shape index (κ1) is 15.9. The highest BCUT2D eigenvalue weighted by molar-refractivity contribution is 7.89. The van der Waals surface area contributed by atoms with Crippen LogP contribution in [0.4, 0.5) is 11.4 Å². The number of nitro groups is 1. The van der Waals surface area contributed by atoms with Gasteiger partial charge in [-0.05, 0) is 6.07 Å². The van der Waals surface area contributed by atoms with Crippen molar-refractivity contribution in [1.29, 1.82) is 0 Å². The van der Waals surface area contributed by atoms with Gasteiger partial charge in [0.15, 0.2) is 5.82 Å². The number of hydrogen-bond donors (Lipinski definition) is 1. The van der Waals surface area contributed by atoms with Gasteiger partial charge in [-0.15, -0.1) is 0 Å². The minimum atomic E-state index is -4.13. The van der Waals surface area contributed by atoms with Crippen LogP contribution in [-0.4, -0.2) is 30.5 Å². The summed E-state index contributed by atoms with van der Waals surface area (Å²) in [5.41, 5.74) is -0.160. The molecule has 0 fully saturated rings. The number of nitro benzene ring substituents is 1. The van der Waals surface area contributed by atoms with Gasteiger partial charge < -0.3 is 9.42 Å². The maximum atomic E-state index is 11.7. The van der Waals surface area contributed by atoms with Gasteiger partial charge in [0.1, 0.15) is 4.90 Å². The van der Waals surface area contributed by atoms with Crippen molar-refractivity contribution < 1.29 is 17.9 Å². The second-order valence-electron chi connectivity index (χ2n) is 4.54. The Kier molecular flexibility index (Phi) is 4.10. The van der Waals surface area contributed by atoms with E-state index in [2.05, 4.69) is 10.1 Å². The molecule has 0 spiro atoms. The third kappa shape index (κ3) is 3.38. The monoisotopic (exact) mass is 327 g/mol. The largest absolute Gasteiger partial charge is 0.366 e. The summed E-state index contributed by atoms with van der Waals surface area (Å²) in [5.74, 6) is 0.720. The van der Waals surface area contributed by atoms with Crippen molar-refractivity contribution in [1.82, 2.24) is 10.1 Å². The zero-order valence-corrected chi connectivity index (χ0v) is 12.6. The van der Waals surface area contributed by atoms with Crippen molar-refractivity contribution in [3.63, 3.8) is 0 Å². The molecule has 0 unspecified atom stereocenters. The van der Waals surface area contributed by atoms with Crippen molar-refractivity contribution in [2.45, 2.75) is 18.4 Å². The fourth-order valence-electron chi connectivity index (χ4n) is 1.86. The van der Waals surface area contributed by atoms with E-state index in [-0.39, 0.29) is 22.8 Å². The van der Waals surface area contributed by atoms with Crippen LogP contribution in [0, 0.1) is 17.0 Å². The topological polar surface area (TPSA) is 145 Å². The Morgan fingerprint density at radius 3 is 2.64 bits per heavy atom. The number of non-ortho nitro benzene ring substituents is 1. The number of aryl methyl sites for hydroxylation is 1. The number of aromatic nitrogens is 2. The van der Waals surface area contributed by atoms with Gasteiger partial charge in [-0.3, -0.25) is 10.1 Å². The van der Waals surface area contributed by atoms with Crippen molar-refractivity contribution in [2.24, 2.45) is 5.14 Å². The number of sulfonamides is 1. The lowest BCUT2D eigenvalue weighted by atomic mass is 10.2. The third-order valence-corrected chi connectivity index (χ3v) is 3.76. The fraction of sp³-hybridized carbons (Fsp3) is 0.273. The molecule has 1 heterocycles. The summed E-state index contributed by atoms with van der Waals surface area (Å²) in [6.07, 6.45) is 0. The Hall–Kier alpha value is -2.53. The Morgan fingerprint density at radius 2 is 2.14 bits per heavy atom. The Balaban J connectivity index is 2.43. The number of benzene rings is 1. The number of nitrogens with zero attached hydrogens (tertiary/aromatic N) is 4. The molecule has 22 heavy (non-hydrogen) atoms. The first-order chi connectivity index (χ1) is 10.2. The van der Waals surface area contributed by atoms with E-state index in [0.29, 0.717) is 11.7 Å². The van der Waals surface area contributed by atoms with Gasteiger partial charge in [0.2, 0.25) is 15.9 Å². The summed E-state index contributed by atoms with van der Waals surface area (Å²) in [7, 11) is -2.55. The van der Waals surface area contributed by atoms with Gasteiger partial charge in [-0.2, -0.15) is 4.98 Å². The maximum Gasteiger partial charge on any atom is 0.270 e. The lowest BCUT2D eigenvalue weighted by Gasteiger charge is -2.19. The summed E-state index contributed by atoms with van der Waals surface area (Å²) >= 11 is 0. The van der Waals surface area contributed by atoms with Crippen LogP contribution in [0.2, 0.25) is 0 Å². The normalized spacial score (nSPS) is 11.4. The van der Waals surface area contributed by atoms with E-state index in [4.69, 9.17) is 9.66 Å². The maximum absolute atomic E-state index is 11.7. The average Bonchev–Trinajstić information content (AvgIpc) is 2.82. The predicted molar refractivity (Wildman–Crippen MR) is 75.6 cm³/mol. The first-order valence-corrected chi connectivity index (χ1v) is 7.54. The molecular formula is C11H13N5O5S. The number of rotatable bonds is 5. The first-order valence-electron chi connectivity index (χ1n) is 6.00. The van der Waals surface area contributed by atoms with E-state index < -0.39 is 14.9 Å². The van der Waals surface area contributed by atoms with Gasteiger partial charge in [0.05, 0.1) is 17.2 Å². The summed E-state index contributed by atoms with van der Waals surface area (Å²) in [4.78, 5) is 15.3. The number of anilines is 1. The van der Waals surface area contributed by atoms with Gasteiger partial charge >= 0.3 is 0 Å². The van der Waals surface area contributed by atoms with Crippen molar-refractivity contribution >= 4 is 21.4 Å². The molecule has 11 heteroatoms. The molecule has 2 rings (SSSR count). The van der Waals surface area contributed by atoms with Crippen LogP contribution in [0.1, 0.15) is 11.7 Å². The van der Waals surface area contributed by atoms with Crippen LogP contribution in [0.3, 0.4) is 0 Å². The van der Waals surface area contributed by atoms with Crippen LogP contribution in [0.15, 0.2) is 27.6 Å². The Bertz CT molecular complexity index is 816. The molecule has 0 amide bonds. The van der Waals surface area contributed by atoms with Crippen LogP contribution >= 0.6 is 0 Å². The standard InChI is InChI=1S/C11H13N5O5S/c1-7-13-11(14-21-7)6-15(2)9-4-3-8(16(17)18)5-10(9)22(12,19)20/h3-5H,6H2,1-2H3,(H2,12,19,20). The fourth-order valence-corrected chi connectivity index (χ4v) is 2.66. The van der Waals surface area contributed by atoms with Crippen LogP contribution in [0.25, 0.3) is 0 Å². The average molecular weight is 327 g/mol. The molecule has 0 bridgehead atoms. The lowest BCUT2D eigenvalue weighted by molar-refractivity contribution is -0.385. The Labute approximate surface area is 125 Å². The van der Waals surface area contributed by atoms with Crippen molar-refractivity contribution in [2.75, 3.05) is 11.9 Å². The van der Waals surface area contributed by atoms with Crippen LogP contribution in [-0.2, 0) is 16.6 Å². The van der Waals surface area contributed by atoms with Gasteiger partial charge in [-0.1, -0.05) is 5.16 Å². The molecular weight excluding hydrogens is 314 g/mol. The molecule has 0 aliphatic heterocycles. The van der Waals surface area contributed by atoms with Crippen molar-refractivity contribution in [3.05, 3.63) is 40.0 Å². The SMILES string of the molecule is Cc1nc(CN(C)c2ccc([N+](=O)[O-])cc2S(N)(=O)=O)no1. The smallest absolute Gasteiger partial charge is 0.270 e. The van der Waals surface area contributed by atoms with E-state index in [1.54, 1.807) is 14.0 Å². The molecule has 0 saturated carbocycles. The molecule has 0 saturated heterocycles. The molecule has 10 nitrogen and oxygen atoms in total. The molecule has 0 radical (unpaired) electrons. The molecule has 118 valence electrons. The number of primary sulfonamides is 1. The number of hydrogen-bond acceptors (Lipinski definition) is 8. The zero-order valence-electron chi connectivity index (χ0n) is 11.8. The number of nitrogens with two attached hydrogens (primary N) is 1. The molecule has 0 atom stereocenters. The summed E-state index contributed by atoms with van der Waals surface area (Å²) in [5, 5.41) is 19.6. The predicted octanol–water partition coefficient (Wildman–Crippen LogP) is 0.570. The molecule has 0 aliphatic rings. The van der Waals surface area contributed by atoms with Crippen molar-refractivity contribution in [3.8, 4) is 0 Å². The summed E-state index contributed by atoms with van der Waals surface area (Å²) in [6.45, 7) is 1.77. The summed E-state index contributed by atoms with van der Waals surface area (Å²) < 4.78 is 28.2. The highest BCUT2D eigenvalue weighted by Crippen LogP contribution is 2.28. The molecule has 0 aliphatic carbocycles. The second kappa shape index (κ2) is 5.69. The van der Waals surface area contributed by atoms with Gasteiger partial charge in [-0.25, -0.2) is 13.6 Å². The van der Waals surface area contributed by atoms with E-state index >= 15 is 0 Å². The second-order valence-corrected chi connectivity index (χ2v) is 6.07. The van der Waals surface area contributed by atoms with E-state index in [1.807, 2.05) is 0 Å². The van der Waals surface area contributed by atoms with Crippen LogP contribution in [0.5, 0.6) is 0 Å². The highest BCUT2D eigenvalue weighted by atomic mass is 32.2. The molecule has 2 aromatic rings. The minimum Gasteiger partial charge on any atom is -0.366 e. The van der Waals surface area contributed by atoms with Gasteiger partial charge in [0.25, 0.3) is 5.69 Å². The molecule has 1 aromatic carbocycles. The minimum absolute atomic E-state index is 0.150. The van der Waals surface area contributed by atoms with E-state index in [0.717, 1.165) is 6.07 Å². The zero-order chi connectivity index (χ0) is 16.5. The lowest BCUT2D eigenvalue weighted by Crippen LogP contribution is -2.22.